The van der Waals surface area contributed by atoms with Gasteiger partial charge in [0.25, 0.3) is 0 Å². The lowest BCUT2D eigenvalue weighted by Crippen LogP contribution is -2.45. The van der Waals surface area contributed by atoms with Crippen LogP contribution in [0.5, 0.6) is 11.5 Å². The van der Waals surface area contributed by atoms with E-state index >= 15 is 0 Å². The lowest BCUT2D eigenvalue weighted by molar-refractivity contribution is -0.0672. The highest BCUT2D eigenvalue weighted by atomic mass is 31.2. The van der Waals surface area contributed by atoms with Crippen LogP contribution in [0, 0.1) is 5.41 Å². The molecule has 0 amide bonds. The fourth-order valence-electron chi connectivity index (χ4n) is 8.34. The minimum atomic E-state index is -1.67. The largest absolute Gasteiger partial charge is 0.426 e. The topological polar surface area (TPSA) is 55.4 Å². The van der Waals surface area contributed by atoms with Crippen LogP contribution in [0.4, 0.5) is 0 Å². The molecule has 0 unspecified atom stereocenters. The molecule has 61 heavy (non-hydrogen) atoms. The van der Waals surface area contributed by atoms with Crippen LogP contribution in [0.1, 0.15) is 101 Å². The molecule has 0 saturated carbocycles. The molecule has 2 fully saturated rings. The van der Waals surface area contributed by atoms with Crippen LogP contribution in [0.15, 0.2) is 133 Å². The van der Waals surface area contributed by atoms with Gasteiger partial charge in [-0.05, 0) is 104 Å². The van der Waals surface area contributed by atoms with Gasteiger partial charge in [-0.3, -0.25) is 0 Å². The third-order valence-corrected chi connectivity index (χ3v) is 13.8. The monoisotopic (exact) mass is 852 g/mol. The Bertz CT molecular complexity index is 2270. The van der Waals surface area contributed by atoms with E-state index in [-0.39, 0.29) is 0 Å². The highest BCUT2D eigenvalue weighted by molar-refractivity contribution is 7.42. The van der Waals surface area contributed by atoms with Crippen LogP contribution in [-0.4, -0.2) is 26.4 Å². The van der Waals surface area contributed by atoms with Gasteiger partial charge in [0.15, 0.2) is 0 Å². The number of rotatable bonds is 12. The van der Waals surface area contributed by atoms with Gasteiger partial charge in [0, 0.05) is 11.1 Å². The fraction of sp³-hybridized carbons (Fsp3) is 0.321. The summed E-state index contributed by atoms with van der Waals surface area (Å²) in [7, 11) is -3.33. The molecule has 6 aromatic carbocycles. The van der Waals surface area contributed by atoms with Crippen LogP contribution in [0.25, 0.3) is 44.5 Å². The molecule has 0 aliphatic carbocycles. The molecule has 2 aliphatic rings. The summed E-state index contributed by atoms with van der Waals surface area (Å²) in [5.74, 6) is 2.92. The third kappa shape index (κ3) is 9.52. The van der Waals surface area contributed by atoms with Gasteiger partial charge < -0.3 is 27.1 Å². The standard InChI is InChI=1S/C53H58O6P2/c1-35(2)41-17-9-13-21-45(41)39-25-27-51(49(29-39)47-23-15-11-19-43(47)37(5)6)58-60-54-31-53(32-55-60)33-56-61(57-34-53)59-52-28-26-40(46-22-14-10-18-42(46)36(3)4)30-50(52)48-24-16-12-20-44(48)38(7)8/h9-30,35-38H,31-34H2,1-8H3. The molecule has 0 atom stereocenters. The Balaban J connectivity index is 0.986. The van der Waals surface area contributed by atoms with E-state index in [4.69, 9.17) is 27.1 Å². The zero-order chi connectivity index (χ0) is 42.7. The molecule has 2 aliphatic heterocycles. The molecule has 0 aromatic heterocycles. The molecule has 6 aromatic rings. The Morgan fingerprint density at radius 3 is 1.00 bits per heavy atom. The first-order valence-corrected chi connectivity index (χ1v) is 23.8. The van der Waals surface area contributed by atoms with Gasteiger partial charge in [-0.25, -0.2) is 0 Å². The first-order valence-electron chi connectivity index (χ1n) is 21.6. The van der Waals surface area contributed by atoms with E-state index in [1.807, 2.05) is 0 Å². The molecule has 8 heteroatoms. The van der Waals surface area contributed by atoms with Gasteiger partial charge in [-0.15, -0.1) is 0 Å². The Morgan fingerprint density at radius 1 is 0.377 bits per heavy atom. The van der Waals surface area contributed by atoms with Crippen LogP contribution in [0.3, 0.4) is 0 Å². The summed E-state index contributed by atoms with van der Waals surface area (Å²) in [5, 5.41) is 0. The Kier molecular flexibility index (Phi) is 13.4. The predicted octanol–water partition coefficient (Wildman–Crippen LogP) is 15.8. The normalized spacial score (nSPS) is 19.3. The lowest BCUT2D eigenvalue weighted by atomic mass is 9.88. The van der Waals surface area contributed by atoms with Crippen molar-refractivity contribution in [3.8, 4) is 56.0 Å². The van der Waals surface area contributed by atoms with Crippen molar-refractivity contribution in [2.24, 2.45) is 5.41 Å². The van der Waals surface area contributed by atoms with Gasteiger partial charge in [0.05, 0.1) is 31.8 Å². The van der Waals surface area contributed by atoms with Crippen molar-refractivity contribution in [3.63, 3.8) is 0 Å². The van der Waals surface area contributed by atoms with Crippen molar-refractivity contribution in [1.29, 1.82) is 0 Å². The second kappa shape index (κ2) is 18.9. The van der Waals surface area contributed by atoms with Crippen molar-refractivity contribution in [1.82, 2.24) is 0 Å². The maximum Gasteiger partial charge on any atom is 0.397 e. The van der Waals surface area contributed by atoms with E-state index in [1.165, 1.54) is 33.4 Å². The van der Waals surface area contributed by atoms with Crippen LogP contribution >= 0.6 is 17.2 Å². The van der Waals surface area contributed by atoms with E-state index in [1.54, 1.807) is 0 Å². The highest BCUT2D eigenvalue weighted by Crippen LogP contribution is 2.55. The van der Waals surface area contributed by atoms with Crippen LogP contribution in [-0.2, 0) is 18.1 Å². The summed E-state index contributed by atoms with van der Waals surface area (Å²) in [4.78, 5) is 0. The summed E-state index contributed by atoms with van der Waals surface area (Å²) in [6.07, 6.45) is 0. The Hall–Kier alpha value is -4.38. The molecule has 8 rings (SSSR count). The van der Waals surface area contributed by atoms with Crippen LogP contribution < -0.4 is 9.05 Å². The average Bonchev–Trinajstić information content (AvgIpc) is 3.28. The third-order valence-electron chi connectivity index (χ3n) is 11.7. The first kappa shape index (κ1) is 43.3. The second-order valence-corrected chi connectivity index (χ2v) is 19.9. The lowest BCUT2D eigenvalue weighted by Gasteiger charge is -2.41. The Morgan fingerprint density at radius 2 is 0.672 bits per heavy atom. The summed E-state index contributed by atoms with van der Waals surface area (Å²) >= 11 is 0. The highest BCUT2D eigenvalue weighted by Gasteiger charge is 2.45. The van der Waals surface area contributed by atoms with Crippen molar-refractivity contribution < 1.29 is 27.1 Å². The Labute approximate surface area is 365 Å². The first-order chi connectivity index (χ1) is 29.5. The smallest absolute Gasteiger partial charge is 0.397 e. The van der Waals surface area contributed by atoms with Crippen molar-refractivity contribution >= 4 is 17.2 Å². The summed E-state index contributed by atoms with van der Waals surface area (Å²) in [6, 6.07) is 47.4. The molecule has 0 radical (unpaired) electrons. The summed E-state index contributed by atoms with van der Waals surface area (Å²) in [5.41, 5.74) is 13.8. The van der Waals surface area contributed by atoms with Gasteiger partial charge in [-0.2, -0.15) is 0 Å². The number of benzene rings is 6. The van der Waals surface area contributed by atoms with Gasteiger partial charge in [0.1, 0.15) is 11.5 Å². The van der Waals surface area contributed by atoms with E-state index in [0.29, 0.717) is 50.1 Å². The predicted molar refractivity (Wildman–Crippen MR) is 252 cm³/mol. The van der Waals surface area contributed by atoms with Gasteiger partial charge in [-0.1, -0.05) is 165 Å². The molecular weight excluding hydrogens is 795 g/mol. The minimum Gasteiger partial charge on any atom is -0.426 e. The van der Waals surface area contributed by atoms with Gasteiger partial charge in [0.2, 0.25) is 0 Å². The molecule has 0 N–H and O–H groups in total. The van der Waals surface area contributed by atoms with Crippen molar-refractivity contribution in [2.45, 2.75) is 79.1 Å². The maximum absolute atomic E-state index is 6.64. The molecule has 2 saturated heterocycles. The number of hydrogen-bond acceptors (Lipinski definition) is 6. The van der Waals surface area contributed by atoms with Crippen molar-refractivity contribution in [2.75, 3.05) is 26.4 Å². The quantitative estimate of drug-likeness (QED) is 0.114. The fourth-order valence-corrected chi connectivity index (χ4v) is 10.9. The SMILES string of the molecule is CC(C)c1ccccc1-c1ccc(OP2OCC3(CO2)COP(Oc2ccc(-c4ccccc4C(C)C)cc2-c2ccccc2C(C)C)OC3)c(-c2ccccc2C(C)C)c1. The van der Waals surface area contributed by atoms with Crippen LogP contribution in [0.2, 0.25) is 0 Å². The van der Waals surface area contributed by atoms with Crippen molar-refractivity contribution in [3.05, 3.63) is 156 Å². The minimum absolute atomic E-state index is 0.332. The second-order valence-electron chi connectivity index (χ2n) is 17.6. The molecule has 0 bridgehead atoms. The molecule has 316 valence electrons. The van der Waals surface area contributed by atoms with Gasteiger partial charge >= 0.3 is 17.2 Å². The molecular formula is C53H58O6P2. The number of hydrogen-bond donors (Lipinski definition) is 0. The maximum atomic E-state index is 6.64. The average molecular weight is 853 g/mol. The van der Waals surface area contributed by atoms with E-state index in [2.05, 4.69) is 189 Å². The molecule has 2 heterocycles. The van der Waals surface area contributed by atoms with E-state index < -0.39 is 22.6 Å². The zero-order valence-electron chi connectivity index (χ0n) is 36.7. The van der Waals surface area contributed by atoms with E-state index in [0.717, 1.165) is 44.9 Å². The molecule has 6 nitrogen and oxygen atoms in total. The van der Waals surface area contributed by atoms with E-state index in [9.17, 15) is 0 Å². The molecule has 1 spiro atoms. The summed E-state index contributed by atoms with van der Waals surface area (Å²) < 4.78 is 38.8. The zero-order valence-corrected chi connectivity index (χ0v) is 38.5. The summed E-state index contributed by atoms with van der Waals surface area (Å²) in [6.45, 7) is 19.4.